The molecule has 3 saturated carbocycles. The summed E-state index contributed by atoms with van der Waals surface area (Å²) in [6, 6.07) is 0.0936. The maximum absolute atomic E-state index is 12.6. The second kappa shape index (κ2) is 4.47. The van der Waals surface area contributed by atoms with Crippen molar-refractivity contribution in [2.75, 3.05) is 20.1 Å². The van der Waals surface area contributed by atoms with Gasteiger partial charge in [-0.2, -0.15) is 0 Å². The van der Waals surface area contributed by atoms with Crippen molar-refractivity contribution in [2.24, 2.45) is 29.6 Å². The Labute approximate surface area is 116 Å². The van der Waals surface area contributed by atoms with Gasteiger partial charge in [0, 0.05) is 13.1 Å². The van der Waals surface area contributed by atoms with E-state index in [2.05, 4.69) is 10.2 Å². The molecule has 0 aromatic carbocycles. The van der Waals surface area contributed by atoms with Crippen LogP contribution in [0.5, 0.6) is 0 Å². The van der Waals surface area contributed by atoms with Crippen LogP contribution in [0.1, 0.15) is 38.5 Å². The first-order valence-corrected chi connectivity index (χ1v) is 8.20. The minimum Gasteiger partial charge on any atom is -0.341 e. The second-order valence-corrected chi connectivity index (χ2v) is 7.51. The quantitative estimate of drug-likeness (QED) is 0.842. The maximum Gasteiger partial charge on any atom is 0.239 e. The number of likely N-dealkylation sites (tertiary alicyclic amines) is 1. The Balaban J connectivity index is 1.45. The number of nitrogens with one attached hydrogen (secondary N) is 1. The molecule has 0 radical (unpaired) electrons. The Hall–Kier alpha value is -0.570. The Bertz CT molecular complexity index is 383. The fraction of sp³-hybridized carbons (Fsp3) is 0.938. The third kappa shape index (κ3) is 2.10. The highest BCUT2D eigenvalue weighted by molar-refractivity contribution is 5.82. The smallest absolute Gasteiger partial charge is 0.239 e. The lowest BCUT2D eigenvalue weighted by Crippen LogP contribution is -2.47. The van der Waals surface area contributed by atoms with E-state index in [4.69, 9.17) is 0 Å². The summed E-state index contributed by atoms with van der Waals surface area (Å²) < 4.78 is 0. The van der Waals surface area contributed by atoms with Gasteiger partial charge in [-0.05, 0) is 68.7 Å². The molecule has 1 heterocycles. The molecule has 6 atom stereocenters. The highest BCUT2D eigenvalue weighted by atomic mass is 16.2. The van der Waals surface area contributed by atoms with Crippen molar-refractivity contribution >= 4 is 5.91 Å². The van der Waals surface area contributed by atoms with E-state index in [1.165, 1.54) is 32.1 Å². The van der Waals surface area contributed by atoms with E-state index < -0.39 is 0 Å². The molecule has 0 aromatic heterocycles. The summed E-state index contributed by atoms with van der Waals surface area (Å²) in [5.41, 5.74) is 0. The topological polar surface area (TPSA) is 32.3 Å². The van der Waals surface area contributed by atoms with Gasteiger partial charge >= 0.3 is 0 Å². The van der Waals surface area contributed by atoms with Crippen LogP contribution < -0.4 is 5.32 Å². The van der Waals surface area contributed by atoms with Crippen LogP contribution in [0.15, 0.2) is 0 Å². The van der Waals surface area contributed by atoms with Crippen LogP contribution in [0.3, 0.4) is 0 Å². The molecule has 0 aromatic rings. The van der Waals surface area contributed by atoms with E-state index in [0.29, 0.717) is 5.91 Å². The molecule has 2 bridgehead atoms. The summed E-state index contributed by atoms with van der Waals surface area (Å²) in [6.07, 6.45) is 8.17. The molecule has 0 spiro atoms. The molecule has 3 nitrogen and oxygen atoms in total. The van der Waals surface area contributed by atoms with E-state index in [-0.39, 0.29) is 6.04 Å². The molecular formula is C16H26N2O. The molecule has 3 heteroatoms. The summed E-state index contributed by atoms with van der Waals surface area (Å²) in [7, 11) is 1.95. The van der Waals surface area contributed by atoms with Crippen LogP contribution in [0.2, 0.25) is 0 Å². The van der Waals surface area contributed by atoms with Crippen LogP contribution in [-0.4, -0.2) is 37.0 Å². The number of nitrogens with zero attached hydrogens (tertiary/aromatic N) is 1. The zero-order chi connectivity index (χ0) is 13.0. The minimum absolute atomic E-state index is 0.0936. The highest BCUT2D eigenvalue weighted by Gasteiger charge is 2.47. The van der Waals surface area contributed by atoms with Gasteiger partial charge in [0.05, 0.1) is 6.04 Å². The van der Waals surface area contributed by atoms with Gasteiger partial charge in [0.25, 0.3) is 0 Å². The first kappa shape index (κ1) is 12.2. The molecule has 19 heavy (non-hydrogen) atoms. The van der Waals surface area contributed by atoms with Gasteiger partial charge in [0.15, 0.2) is 0 Å². The average Bonchev–Trinajstić information content (AvgIpc) is 2.83. The van der Waals surface area contributed by atoms with Gasteiger partial charge in [-0.3, -0.25) is 4.79 Å². The highest BCUT2D eigenvalue weighted by Crippen LogP contribution is 2.49. The third-order valence-electron chi connectivity index (χ3n) is 6.36. The Kier molecular flexibility index (Phi) is 2.87. The summed E-state index contributed by atoms with van der Waals surface area (Å²) in [4.78, 5) is 14.8. The standard InChI is InChI=1S/C16H26N2O/c1-17-15-7-12-6-14(12)9-18(16(15)19)8-13-5-10-2-3-11(13)4-10/h10-15,17H,2-9H2,1H3. The van der Waals surface area contributed by atoms with Crippen LogP contribution in [0.4, 0.5) is 0 Å². The Morgan fingerprint density at radius 3 is 2.68 bits per heavy atom. The number of fused-ring (bicyclic) bond motifs is 3. The molecule has 1 N–H and O–H groups in total. The van der Waals surface area contributed by atoms with E-state index in [9.17, 15) is 4.79 Å². The van der Waals surface area contributed by atoms with Crippen molar-refractivity contribution in [2.45, 2.75) is 44.6 Å². The zero-order valence-corrected chi connectivity index (χ0v) is 12.0. The van der Waals surface area contributed by atoms with Crippen molar-refractivity contribution in [1.82, 2.24) is 10.2 Å². The molecule has 1 amide bonds. The molecule has 4 fully saturated rings. The van der Waals surface area contributed by atoms with Crippen LogP contribution in [-0.2, 0) is 4.79 Å². The minimum atomic E-state index is 0.0936. The summed E-state index contributed by atoms with van der Waals surface area (Å²) in [6.45, 7) is 2.11. The third-order valence-corrected chi connectivity index (χ3v) is 6.36. The maximum atomic E-state index is 12.6. The fourth-order valence-electron chi connectivity index (χ4n) is 5.11. The van der Waals surface area contributed by atoms with Crippen molar-refractivity contribution in [3.05, 3.63) is 0 Å². The average molecular weight is 262 g/mol. The van der Waals surface area contributed by atoms with E-state index in [1.54, 1.807) is 0 Å². The van der Waals surface area contributed by atoms with Crippen LogP contribution >= 0.6 is 0 Å². The SMILES string of the molecule is CNC1CC2CC2CN(CC2CC3CCC2C3)C1=O. The number of hydrogen-bond donors (Lipinski definition) is 1. The monoisotopic (exact) mass is 262 g/mol. The first-order valence-electron chi connectivity index (χ1n) is 8.20. The molecule has 4 aliphatic rings. The lowest BCUT2D eigenvalue weighted by Gasteiger charge is -2.31. The number of rotatable bonds is 3. The van der Waals surface area contributed by atoms with E-state index in [0.717, 1.165) is 49.1 Å². The van der Waals surface area contributed by atoms with Crippen molar-refractivity contribution < 1.29 is 4.79 Å². The van der Waals surface area contributed by atoms with Gasteiger partial charge in [0.1, 0.15) is 0 Å². The molecule has 106 valence electrons. The lowest BCUT2D eigenvalue weighted by atomic mass is 9.88. The molecule has 4 rings (SSSR count). The number of carbonyl (C=O) groups is 1. The summed E-state index contributed by atoms with van der Waals surface area (Å²) >= 11 is 0. The molecule has 6 unspecified atom stereocenters. The molecule has 1 saturated heterocycles. The predicted molar refractivity (Wildman–Crippen MR) is 74.6 cm³/mol. The predicted octanol–water partition coefficient (Wildman–Crippen LogP) is 1.88. The van der Waals surface area contributed by atoms with Gasteiger partial charge in [-0.25, -0.2) is 0 Å². The van der Waals surface area contributed by atoms with E-state index >= 15 is 0 Å². The van der Waals surface area contributed by atoms with Gasteiger partial charge in [-0.1, -0.05) is 6.42 Å². The fourth-order valence-corrected chi connectivity index (χ4v) is 5.11. The van der Waals surface area contributed by atoms with Crippen molar-refractivity contribution in [3.63, 3.8) is 0 Å². The summed E-state index contributed by atoms with van der Waals surface area (Å²) in [5.74, 6) is 4.77. The molecule has 1 aliphatic heterocycles. The van der Waals surface area contributed by atoms with Crippen LogP contribution in [0.25, 0.3) is 0 Å². The van der Waals surface area contributed by atoms with Crippen molar-refractivity contribution in [1.29, 1.82) is 0 Å². The van der Waals surface area contributed by atoms with Gasteiger partial charge in [0.2, 0.25) is 5.91 Å². The Morgan fingerprint density at radius 2 is 2.00 bits per heavy atom. The number of hydrogen-bond acceptors (Lipinski definition) is 2. The van der Waals surface area contributed by atoms with Crippen LogP contribution in [0, 0.1) is 29.6 Å². The molecular weight excluding hydrogens is 236 g/mol. The zero-order valence-electron chi connectivity index (χ0n) is 12.0. The Morgan fingerprint density at radius 1 is 1.11 bits per heavy atom. The van der Waals surface area contributed by atoms with E-state index in [1.807, 2.05) is 7.05 Å². The second-order valence-electron chi connectivity index (χ2n) is 7.51. The summed E-state index contributed by atoms with van der Waals surface area (Å²) in [5, 5.41) is 3.25. The largest absolute Gasteiger partial charge is 0.341 e. The normalized spacial score (nSPS) is 48.3. The number of amides is 1. The first-order chi connectivity index (χ1) is 9.24. The van der Waals surface area contributed by atoms with Gasteiger partial charge < -0.3 is 10.2 Å². The number of likely N-dealkylation sites (N-methyl/N-ethyl adjacent to an activating group) is 1. The number of carbonyl (C=O) groups excluding carboxylic acids is 1. The van der Waals surface area contributed by atoms with Gasteiger partial charge in [-0.15, -0.1) is 0 Å². The molecule has 3 aliphatic carbocycles. The van der Waals surface area contributed by atoms with Crippen molar-refractivity contribution in [3.8, 4) is 0 Å². The lowest BCUT2D eigenvalue weighted by molar-refractivity contribution is -0.134.